The maximum Gasteiger partial charge on any atom is 0.0480 e. The second kappa shape index (κ2) is 4.11. The molecule has 2 heteroatoms. The van der Waals surface area contributed by atoms with E-state index >= 15 is 0 Å². The summed E-state index contributed by atoms with van der Waals surface area (Å²) in [6.07, 6.45) is 1.13. The van der Waals surface area contributed by atoms with Crippen molar-refractivity contribution in [2.75, 3.05) is 0 Å². The van der Waals surface area contributed by atoms with Crippen LogP contribution in [0.5, 0.6) is 0 Å². The van der Waals surface area contributed by atoms with Crippen LogP contribution >= 0.6 is 22.7 Å². The Morgan fingerprint density at radius 3 is 2.07 bits per heavy atom. The van der Waals surface area contributed by atoms with E-state index in [1.807, 2.05) is 22.7 Å². The van der Waals surface area contributed by atoms with Gasteiger partial charge in [-0.3, -0.25) is 0 Å². The van der Waals surface area contributed by atoms with E-state index < -0.39 is 0 Å². The minimum absolute atomic E-state index is 1.13. The quantitative estimate of drug-likeness (QED) is 0.691. The second-order valence-electron chi connectivity index (χ2n) is 3.93. The summed E-state index contributed by atoms with van der Waals surface area (Å²) < 4.78 is 0. The van der Waals surface area contributed by atoms with Gasteiger partial charge in [0.15, 0.2) is 0 Å². The number of aryl methyl sites for hydroxylation is 4. The molecule has 0 atom stereocenters. The summed E-state index contributed by atoms with van der Waals surface area (Å²) in [7, 11) is 0. The Labute approximate surface area is 99.6 Å². The fourth-order valence-corrected chi connectivity index (χ4v) is 4.25. The van der Waals surface area contributed by atoms with E-state index in [2.05, 4.69) is 39.8 Å². The van der Waals surface area contributed by atoms with Gasteiger partial charge in [-0.25, -0.2) is 0 Å². The monoisotopic (exact) mass is 236 g/mol. The van der Waals surface area contributed by atoms with Gasteiger partial charge >= 0.3 is 0 Å². The van der Waals surface area contributed by atoms with Crippen molar-refractivity contribution in [3.63, 3.8) is 0 Å². The van der Waals surface area contributed by atoms with Crippen LogP contribution in [0.15, 0.2) is 12.1 Å². The first kappa shape index (κ1) is 10.9. The van der Waals surface area contributed by atoms with Crippen molar-refractivity contribution in [2.45, 2.75) is 34.1 Å². The average Bonchev–Trinajstić information content (AvgIpc) is 2.69. The minimum atomic E-state index is 1.13. The molecule has 0 aliphatic heterocycles. The number of hydrogen-bond donors (Lipinski definition) is 0. The Balaban J connectivity index is 2.57. The maximum atomic E-state index is 2.33. The standard InChI is InChI=1S/C13H16S2/c1-5-11-7-10(4)15-13(11)12-8(2)6-9(3)14-12/h6-7H,5H2,1-4H3. The molecule has 0 nitrogen and oxygen atoms in total. The van der Waals surface area contributed by atoms with E-state index in [0.717, 1.165) is 6.42 Å². The zero-order valence-corrected chi connectivity index (χ0v) is 11.3. The molecule has 0 bridgehead atoms. The van der Waals surface area contributed by atoms with Gasteiger partial charge in [0.25, 0.3) is 0 Å². The van der Waals surface area contributed by atoms with E-state index in [1.54, 1.807) is 0 Å². The SMILES string of the molecule is CCc1cc(C)sc1-c1sc(C)cc1C. The molecule has 0 spiro atoms. The highest BCUT2D eigenvalue weighted by atomic mass is 32.1. The summed E-state index contributed by atoms with van der Waals surface area (Å²) in [5.74, 6) is 0. The van der Waals surface area contributed by atoms with Gasteiger partial charge < -0.3 is 0 Å². The Morgan fingerprint density at radius 1 is 0.933 bits per heavy atom. The molecule has 0 aliphatic carbocycles. The van der Waals surface area contributed by atoms with E-state index in [9.17, 15) is 0 Å². The van der Waals surface area contributed by atoms with Crippen LogP contribution in [-0.2, 0) is 6.42 Å². The van der Waals surface area contributed by atoms with Crippen LogP contribution in [0.3, 0.4) is 0 Å². The Bertz CT molecular complexity index is 475. The van der Waals surface area contributed by atoms with Gasteiger partial charge in [0.1, 0.15) is 0 Å². The van der Waals surface area contributed by atoms with Crippen LogP contribution in [0.4, 0.5) is 0 Å². The second-order valence-corrected chi connectivity index (χ2v) is 6.45. The molecule has 0 fully saturated rings. The van der Waals surface area contributed by atoms with Crippen molar-refractivity contribution < 1.29 is 0 Å². The van der Waals surface area contributed by atoms with Crippen molar-refractivity contribution in [1.82, 2.24) is 0 Å². The van der Waals surface area contributed by atoms with Gasteiger partial charge in [-0.05, 0) is 50.5 Å². The molecular formula is C13H16S2. The highest BCUT2D eigenvalue weighted by Crippen LogP contribution is 2.39. The van der Waals surface area contributed by atoms with Gasteiger partial charge in [-0.15, -0.1) is 22.7 Å². The highest BCUT2D eigenvalue weighted by molar-refractivity contribution is 7.22. The molecule has 0 amide bonds. The van der Waals surface area contributed by atoms with Gasteiger partial charge in [-0.1, -0.05) is 6.92 Å². The van der Waals surface area contributed by atoms with E-state index in [4.69, 9.17) is 0 Å². The van der Waals surface area contributed by atoms with E-state index in [0.29, 0.717) is 0 Å². The molecule has 0 N–H and O–H groups in total. The number of hydrogen-bond acceptors (Lipinski definition) is 2. The Kier molecular flexibility index (Phi) is 2.98. The van der Waals surface area contributed by atoms with Crippen LogP contribution in [0.1, 0.15) is 27.8 Å². The van der Waals surface area contributed by atoms with Crippen LogP contribution in [0, 0.1) is 20.8 Å². The molecular weight excluding hydrogens is 220 g/mol. The molecule has 0 radical (unpaired) electrons. The van der Waals surface area contributed by atoms with Crippen molar-refractivity contribution in [1.29, 1.82) is 0 Å². The molecule has 0 aliphatic rings. The zero-order valence-electron chi connectivity index (χ0n) is 9.68. The van der Waals surface area contributed by atoms with Crippen LogP contribution in [0.25, 0.3) is 9.75 Å². The van der Waals surface area contributed by atoms with Gasteiger partial charge in [0.05, 0.1) is 0 Å². The normalized spacial score (nSPS) is 10.9. The lowest BCUT2D eigenvalue weighted by Crippen LogP contribution is -1.78. The van der Waals surface area contributed by atoms with E-state index in [1.165, 1.54) is 30.6 Å². The lowest BCUT2D eigenvalue weighted by molar-refractivity contribution is 1.15. The third-order valence-corrected chi connectivity index (χ3v) is 4.97. The molecule has 15 heavy (non-hydrogen) atoms. The van der Waals surface area contributed by atoms with Crippen molar-refractivity contribution >= 4 is 22.7 Å². The van der Waals surface area contributed by atoms with Crippen LogP contribution in [0.2, 0.25) is 0 Å². The fourth-order valence-electron chi connectivity index (χ4n) is 1.89. The molecule has 80 valence electrons. The highest BCUT2D eigenvalue weighted by Gasteiger charge is 2.12. The molecule has 0 unspecified atom stereocenters. The Hall–Kier alpha value is -0.600. The summed E-state index contributed by atoms with van der Waals surface area (Å²) in [6.45, 7) is 8.84. The molecule has 0 saturated carbocycles. The van der Waals surface area contributed by atoms with Crippen molar-refractivity contribution in [2.24, 2.45) is 0 Å². The van der Waals surface area contributed by atoms with E-state index in [-0.39, 0.29) is 0 Å². The first-order chi connectivity index (χ1) is 7.11. The molecule has 2 aromatic heterocycles. The molecule has 2 heterocycles. The molecule has 2 aromatic rings. The molecule has 2 rings (SSSR count). The number of rotatable bonds is 2. The van der Waals surface area contributed by atoms with Gasteiger partial charge in [0.2, 0.25) is 0 Å². The first-order valence-electron chi connectivity index (χ1n) is 5.28. The summed E-state index contributed by atoms with van der Waals surface area (Å²) in [5.41, 5.74) is 2.93. The van der Waals surface area contributed by atoms with Crippen LogP contribution in [-0.4, -0.2) is 0 Å². The third kappa shape index (κ3) is 2.01. The average molecular weight is 236 g/mol. The summed E-state index contributed by atoms with van der Waals surface area (Å²) in [6, 6.07) is 4.61. The topological polar surface area (TPSA) is 0 Å². The Morgan fingerprint density at radius 2 is 1.53 bits per heavy atom. The van der Waals surface area contributed by atoms with Gasteiger partial charge in [-0.2, -0.15) is 0 Å². The molecule has 0 aromatic carbocycles. The van der Waals surface area contributed by atoms with Gasteiger partial charge in [0, 0.05) is 19.5 Å². The fraction of sp³-hybridized carbons (Fsp3) is 0.385. The van der Waals surface area contributed by atoms with Crippen LogP contribution < -0.4 is 0 Å². The molecule has 0 saturated heterocycles. The lowest BCUT2D eigenvalue weighted by atomic mass is 10.1. The zero-order chi connectivity index (χ0) is 11.0. The minimum Gasteiger partial charge on any atom is -0.139 e. The number of thiophene rings is 2. The predicted octanol–water partition coefficient (Wildman–Crippen LogP) is 4.96. The largest absolute Gasteiger partial charge is 0.139 e. The lowest BCUT2D eigenvalue weighted by Gasteiger charge is -1.99. The summed E-state index contributed by atoms with van der Waals surface area (Å²) in [5, 5.41) is 0. The third-order valence-electron chi connectivity index (χ3n) is 2.56. The smallest absolute Gasteiger partial charge is 0.0480 e. The summed E-state index contributed by atoms with van der Waals surface area (Å²) >= 11 is 3.85. The summed E-state index contributed by atoms with van der Waals surface area (Å²) in [4.78, 5) is 5.80. The predicted molar refractivity (Wildman–Crippen MR) is 71.2 cm³/mol. The first-order valence-corrected chi connectivity index (χ1v) is 6.91. The maximum absolute atomic E-state index is 2.33. The van der Waals surface area contributed by atoms with Crippen molar-refractivity contribution in [3.05, 3.63) is 33.0 Å². The van der Waals surface area contributed by atoms with Crippen molar-refractivity contribution in [3.8, 4) is 9.75 Å².